The van der Waals surface area contributed by atoms with Crippen molar-refractivity contribution >= 4 is 23.6 Å². The molecule has 0 aliphatic carbocycles. The van der Waals surface area contributed by atoms with Crippen LogP contribution in [0.3, 0.4) is 0 Å². The molecular formula is C25H29FNOP. The van der Waals surface area contributed by atoms with Crippen LogP contribution in [0.15, 0.2) is 72.8 Å². The maximum atomic E-state index is 18.1. The fourth-order valence-electron chi connectivity index (χ4n) is 4.24. The Labute approximate surface area is 173 Å². The van der Waals surface area contributed by atoms with E-state index < -0.39 is 7.29 Å². The van der Waals surface area contributed by atoms with Crippen molar-refractivity contribution in [1.29, 1.82) is 0 Å². The van der Waals surface area contributed by atoms with Gasteiger partial charge in [0.25, 0.3) is 0 Å². The summed E-state index contributed by atoms with van der Waals surface area (Å²) in [5, 5.41) is 1.19. The number of hydrogen-bond acceptors (Lipinski definition) is 2. The normalized spacial score (nSPS) is 18.4. The Kier molecular flexibility index (Phi) is 4.51. The van der Waals surface area contributed by atoms with Crippen LogP contribution in [-0.2, 0) is 5.41 Å². The Morgan fingerprint density at radius 1 is 0.897 bits per heavy atom. The molecule has 152 valence electrons. The summed E-state index contributed by atoms with van der Waals surface area (Å²) in [5.74, 6) is 0.660. The summed E-state index contributed by atoms with van der Waals surface area (Å²) in [7, 11) is -4.61. The first kappa shape index (κ1) is 19.9. The Morgan fingerprint density at radius 3 is 1.86 bits per heavy atom. The summed E-state index contributed by atoms with van der Waals surface area (Å²) >= 11 is 0. The topological polar surface area (TPSA) is 12.5 Å². The molecule has 4 rings (SSSR count). The molecule has 0 aromatic heterocycles. The molecule has 3 aromatic rings. The zero-order chi connectivity index (χ0) is 20.9. The average molecular weight is 409 g/mol. The van der Waals surface area contributed by atoms with E-state index in [1.54, 1.807) is 0 Å². The molecule has 1 heterocycles. The Bertz CT molecular complexity index is 1000. The molecule has 2 nitrogen and oxygen atoms in total. The van der Waals surface area contributed by atoms with Gasteiger partial charge in [0.15, 0.2) is 0 Å². The number of halogens is 1. The van der Waals surface area contributed by atoms with Gasteiger partial charge in [-0.25, -0.2) is 0 Å². The molecule has 29 heavy (non-hydrogen) atoms. The van der Waals surface area contributed by atoms with Crippen LogP contribution in [0.1, 0.15) is 38.8 Å². The molecule has 0 spiro atoms. The third-order valence-corrected chi connectivity index (χ3v) is 10.1. The van der Waals surface area contributed by atoms with Gasteiger partial charge >= 0.3 is 173 Å². The first-order chi connectivity index (χ1) is 13.7. The minimum atomic E-state index is -4.61. The van der Waals surface area contributed by atoms with Crippen molar-refractivity contribution in [2.24, 2.45) is 0 Å². The second-order valence-electron chi connectivity index (χ2n) is 8.76. The van der Waals surface area contributed by atoms with Crippen molar-refractivity contribution in [3.63, 3.8) is 0 Å². The molecule has 0 N–H and O–H groups in total. The van der Waals surface area contributed by atoms with Crippen molar-refractivity contribution in [1.82, 2.24) is 0 Å². The summed E-state index contributed by atoms with van der Waals surface area (Å²) in [6.07, 6.45) is 0. The number of rotatable bonds is 3. The Morgan fingerprint density at radius 2 is 1.41 bits per heavy atom. The van der Waals surface area contributed by atoms with Gasteiger partial charge in [-0.2, -0.15) is 0 Å². The molecule has 0 unspecified atom stereocenters. The van der Waals surface area contributed by atoms with Crippen molar-refractivity contribution in [3.8, 4) is 5.75 Å². The number of aryl methyl sites for hydroxylation is 1. The molecule has 1 aliphatic rings. The van der Waals surface area contributed by atoms with E-state index in [9.17, 15) is 0 Å². The Balaban J connectivity index is 2.07. The monoisotopic (exact) mass is 409 g/mol. The second-order valence-corrected chi connectivity index (χ2v) is 12.2. The number of fused-ring (bicyclic) bond motifs is 1. The van der Waals surface area contributed by atoms with Gasteiger partial charge in [-0.3, -0.25) is 0 Å². The Hall–Kier alpha value is -2.38. The van der Waals surface area contributed by atoms with Gasteiger partial charge in [0.2, 0.25) is 0 Å². The van der Waals surface area contributed by atoms with Crippen LogP contribution >= 0.6 is 7.29 Å². The van der Waals surface area contributed by atoms with Crippen molar-refractivity contribution in [2.75, 3.05) is 11.2 Å². The quantitative estimate of drug-likeness (QED) is 0.462. The zero-order valence-corrected chi connectivity index (χ0v) is 18.7. The number of hydrogen-bond donors (Lipinski definition) is 0. The van der Waals surface area contributed by atoms with Gasteiger partial charge in [0, 0.05) is 0 Å². The fraction of sp³-hybridized carbons (Fsp3) is 0.280. The van der Waals surface area contributed by atoms with Gasteiger partial charge in [0.1, 0.15) is 0 Å². The second kappa shape index (κ2) is 6.57. The van der Waals surface area contributed by atoms with Crippen LogP contribution in [0.4, 0.5) is 9.88 Å². The van der Waals surface area contributed by atoms with Gasteiger partial charge < -0.3 is 0 Å². The first-order valence-electron chi connectivity index (χ1n) is 10.2. The van der Waals surface area contributed by atoms with E-state index in [-0.39, 0.29) is 5.41 Å². The molecule has 0 amide bonds. The van der Waals surface area contributed by atoms with Crippen LogP contribution in [0.2, 0.25) is 0 Å². The molecule has 0 bridgehead atoms. The minimum absolute atomic E-state index is 0.0337. The molecule has 0 atom stereocenters. The van der Waals surface area contributed by atoms with Crippen LogP contribution in [-0.4, -0.2) is 6.54 Å². The van der Waals surface area contributed by atoms with E-state index >= 15 is 4.20 Å². The first-order valence-corrected chi connectivity index (χ1v) is 12.2. The van der Waals surface area contributed by atoms with Gasteiger partial charge in [0.05, 0.1) is 0 Å². The van der Waals surface area contributed by atoms with E-state index in [1.807, 2.05) is 79.2 Å². The average Bonchev–Trinajstić information content (AvgIpc) is 3.00. The standard InChI is InChI=1S/C25H29FNOP/c1-6-27-23-18-20(25(3,4)5)17-19(2)24(23)28-29(27,26,21-13-9-7-10-14-21)22-15-11-8-12-16-22/h7-18H,6H2,1-5H3. The van der Waals surface area contributed by atoms with E-state index in [2.05, 4.69) is 32.9 Å². The third-order valence-electron chi connectivity index (χ3n) is 5.80. The summed E-state index contributed by atoms with van der Waals surface area (Å²) in [6.45, 7) is 11.1. The third kappa shape index (κ3) is 2.79. The fourth-order valence-corrected chi connectivity index (χ4v) is 8.39. The molecule has 1 aliphatic heterocycles. The summed E-state index contributed by atoms with van der Waals surface area (Å²) < 4.78 is 26.5. The molecule has 4 heteroatoms. The molecule has 3 aromatic carbocycles. The molecule has 0 saturated heterocycles. The zero-order valence-electron chi connectivity index (χ0n) is 17.8. The van der Waals surface area contributed by atoms with E-state index in [4.69, 9.17) is 4.52 Å². The van der Waals surface area contributed by atoms with E-state index in [1.165, 1.54) is 5.56 Å². The van der Waals surface area contributed by atoms with Crippen molar-refractivity contribution < 1.29 is 8.72 Å². The number of benzene rings is 3. The van der Waals surface area contributed by atoms with E-state index in [0.29, 0.717) is 22.9 Å². The van der Waals surface area contributed by atoms with Crippen molar-refractivity contribution in [3.05, 3.63) is 83.9 Å². The van der Waals surface area contributed by atoms with Gasteiger partial charge in [-0.15, -0.1) is 0 Å². The SMILES string of the molecule is CCN1c2cc(C(C)(C)C)cc(C)c2OP1(F)(c1ccccc1)c1ccccc1. The van der Waals surface area contributed by atoms with Gasteiger partial charge in [-0.05, 0) is 0 Å². The van der Waals surface area contributed by atoms with Crippen LogP contribution in [0.25, 0.3) is 0 Å². The molecule has 0 fully saturated rings. The summed E-state index contributed by atoms with van der Waals surface area (Å²) in [6, 6.07) is 23.1. The molecular weight excluding hydrogens is 380 g/mol. The number of anilines is 1. The molecule has 0 saturated carbocycles. The maximum absolute atomic E-state index is 18.1. The summed E-state index contributed by atoms with van der Waals surface area (Å²) in [4.78, 5) is 0. The predicted molar refractivity (Wildman–Crippen MR) is 124 cm³/mol. The van der Waals surface area contributed by atoms with Gasteiger partial charge in [-0.1, -0.05) is 0 Å². The summed E-state index contributed by atoms with van der Waals surface area (Å²) in [5.41, 5.74) is 2.98. The van der Waals surface area contributed by atoms with Crippen LogP contribution in [0, 0.1) is 6.92 Å². The molecule has 0 radical (unpaired) electrons. The van der Waals surface area contributed by atoms with E-state index in [0.717, 1.165) is 11.3 Å². The van der Waals surface area contributed by atoms with Crippen molar-refractivity contribution in [2.45, 2.75) is 40.0 Å². The predicted octanol–water partition coefficient (Wildman–Crippen LogP) is 6.43. The van der Waals surface area contributed by atoms with Crippen LogP contribution in [0.5, 0.6) is 5.75 Å². The number of nitrogens with zero attached hydrogens (tertiary/aromatic N) is 1. The van der Waals surface area contributed by atoms with Crippen LogP contribution < -0.4 is 19.8 Å².